The van der Waals surface area contributed by atoms with E-state index in [1.54, 1.807) is 35.2 Å². The summed E-state index contributed by atoms with van der Waals surface area (Å²) in [5.74, 6) is 0.546. The van der Waals surface area contributed by atoms with Crippen molar-refractivity contribution in [2.24, 2.45) is 0 Å². The first-order chi connectivity index (χ1) is 9.95. The summed E-state index contributed by atoms with van der Waals surface area (Å²) in [6, 6.07) is 0.0781. The lowest BCUT2D eigenvalue weighted by molar-refractivity contribution is -0.120. The Kier molecular flexibility index (Phi) is 4.69. The molecular weight excluding hydrogens is 294 g/mol. The molecule has 0 radical (unpaired) electrons. The lowest BCUT2D eigenvalue weighted by Crippen LogP contribution is -2.39. The topological polar surface area (TPSA) is 88.8 Å². The van der Waals surface area contributed by atoms with E-state index in [1.807, 2.05) is 13.8 Å². The van der Waals surface area contributed by atoms with E-state index in [1.165, 1.54) is 0 Å². The van der Waals surface area contributed by atoms with Gasteiger partial charge in [0.2, 0.25) is 23.1 Å². The molecular formula is C12H16ClN7O. The molecule has 0 atom stereocenters. The average molecular weight is 310 g/mol. The van der Waals surface area contributed by atoms with Crippen molar-refractivity contribution in [3.8, 4) is 5.95 Å². The second-order valence-corrected chi connectivity index (χ2v) is 5.09. The summed E-state index contributed by atoms with van der Waals surface area (Å²) in [5.41, 5.74) is 0. The largest absolute Gasteiger partial charge is 0.352 e. The van der Waals surface area contributed by atoms with E-state index in [-0.39, 0.29) is 23.8 Å². The average Bonchev–Trinajstić information content (AvgIpc) is 2.90. The maximum Gasteiger partial charge on any atom is 0.241 e. The molecule has 1 N–H and O–H groups in total. The maximum absolute atomic E-state index is 11.8. The number of rotatable bonds is 5. The molecule has 0 fully saturated rings. The second-order valence-electron chi connectivity index (χ2n) is 4.75. The van der Waals surface area contributed by atoms with E-state index in [9.17, 15) is 4.79 Å². The van der Waals surface area contributed by atoms with Crippen molar-refractivity contribution in [1.82, 2.24) is 29.8 Å². The first-order valence-corrected chi connectivity index (χ1v) is 6.74. The predicted molar refractivity (Wildman–Crippen MR) is 78.5 cm³/mol. The summed E-state index contributed by atoms with van der Waals surface area (Å²) in [6.07, 6.45) is 4.86. The Morgan fingerprint density at radius 2 is 2.19 bits per heavy atom. The van der Waals surface area contributed by atoms with Crippen LogP contribution in [0.4, 0.5) is 5.95 Å². The van der Waals surface area contributed by atoms with Crippen molar-refractivity contribution >= 4 is 23.5 Å². The van der Waals surface area contributed by atoms with Crippen LogP contribution >= 0.6 is 11.6 Å². The lowest BCUT2D eigenvalue weighted by atomic mass is 10.4. The fourth-order valence-corrected chi connectivity index (χ4v) is 1.80. The van der Waals surface area contributed by atoms with Crippen molar-refractivity contribution in [1.29, 1.82) is 0 Å². The van der Waals surface area contributed by atoms with Gasteiger partial charge in [0, 0.05) is 25.5 Å². The number of halogens is 1. The third-order valence-corrected chi connectivity index (χ3v) is 2.66. The Labute approximate surface area is 127 Å². The van der Waals surface area contributed by atoms with Crippen LogP contribution in [-0.4, -0.2) is 50.0 Å². The van der Waals surface area contributed by atoms with Gasteiger partial charge < -0.3 is 10.2 Å². The van der Waals surface area contributed by atoms with Crippen LogP contribution in [0.15, 0.2) is 18.7 Å². The Hall–Kier alpha value is -2.22. The van der Waals surface area contributed by atoms with Crippen molar-refractivity contribution in [2.75, 3.05) is 18.5 Å². The van der Waals surface area contributed by atoms with Crippen LogP contribution in [0.3, 0.4) is 0 Å². The van der Waals surface area contributed by atoms with Crippen LogP contribution in [0.25, 0.3) is 5.95 Å². The summed E-state index contributed by atoms with van der Waals surface area (Å²) in [6.45, 7) is 3.92. The standard InChI is InChI=1S/C12H16ClN7O/c1-8(2)15-9(21)6-19(3)11-16-10(13)17-12(18-11)20-5-4-14-7-20/h4-5,7-8H,6H2,1-3H3,(H,15,21). The Morgan fingerprint density at radius 1 is 1.43 bits per heavy atom. The molecule has 0 unspecified atom stereocenters. The number of hydrogen-bond donors (Lipinski definition) is 1. The van der Waals surface area contributed by atoms with E-state index in [2.05, 4.69) is 25.3 Å². The monoisotopic (exact) mass is 309 g/mol. The van der Waals surface area contributed by atoms with Crippen molar-refractivity contribution < 1.29 is 4.79 Å². The summed E-state index contributed by atoms with van der Waals surface area (Å²) in [4.78, 5) is 29.6. The quantitative estimate of drug-likeness (QED) is 0.873. The van der Waals surface area contributed by atoms with E-state index >= 15 is 0 Å². The van der Waals surface area contributed by atoms with Gasteiger partial charge in [-0.3, -0.25) is 9.36 Å². The number of nitrogens with one attached hydrogen (secondary N) is 1. The van der Waals surface area contributed by atoms with Gasteiger partial charge >= 0.3 is 0 Å². The first kappa shape index (κ1) is 15.2. The summed E-state index contributed by atoms with van der Waals surface area (Å²) < 4.78 is 1.61. The van der Waals surface area contributed by atoms with E-state index in [0.29, 0.717) is 11.9 Å². The third-order valence-electron chi connectivity index (χ3n) is 2.49. The van der Waals surface area contributed by atoms with Crippen LogP contribution in [-0.2, 0) is 4.79 Å². The number of amides is 1. The Balaban J connectivity index is 2.18. The molecule has 2 rings (SSSR count). The van der Waals surface area contributed by atoms with Gasteiger partial charge in [0.05, 0.1) is 6.54 Å². The molecule has 112 valence electrons. The molecule has 0 aliphatic rings. The van der Waals surface area contributed by atoms with Gasteiger partial charge in [-0.2, -0.15) is 15.0 Å². The first-order valence-electron chi connectivity index (χ1n) is 6.36. The molecule has 9 heteroatoms. The predicted octanol–water partition coefficient (Wildman–Crippen LogP) is 0.671. The lowest BCUT2D eigenvalue weighted by Gasteiger charge is -2.18. The Morgan fingerprint density at radius 3 is 2.81 bits per heavy atom. The number of hydrogen-bond acceptors (Lipinski definition) is 6. The highest BCUT2D eigenvalue weighted by Crippen LogP contribution is 2.12. The molecule has 2 aromatic rings. The molecule has 2 heterocycles. The molecule has 0 aliphatic heterocycles. The minimum Gasteiger partial charge on any atom is -0.352 e. The number of nitrogens with zero attached hydrogens (tertiary/aromatic N) is 6. The highest BCUT2D eigenvalue weighted by atomic mass is 35.5. The fraction of sp³-hybridized carbons (Fsp3) is 0.417. The van der Waals surface area contributed by atoms with Crippen molar-refractivity contribution in [3.63, 3.8) is 0 Å². The zero-order valence-corrected chi connectivity index (χ0v) is 12.7. The minimum atomic E-state index is -0.117. The van der Waals surface area contributed by atoms with Gasteiger partial charge in [-0.25, -0.2) is 4.98 Å². The van der Waals surface area contributed by atoms with Crippen LogP contribution in [0, 0.1) is 0 Å². The van der Waals surface area contributed by atoms with E-state index < -0.39 is 0 Å². The van der Waals surface area contributed by atoms with Crippen LogP contribution in [0.1, 0.15) is 13.8 Å². The number of likely N-dealkylation sites (N-methyl/N-ethyl adjacent to an activating group) is 1. The summed E-state index contributed by atoms with van der Waals surface area (Å²) in [7, 11) is 1.71. The van der Waals surface area contributed by atoms with Gasteiger partial charge in [0.25, 0.3) is 0 Å². The Bertz CT molecular complexity index is 614. The third kappa shape index (κ3) is 4.12. The highest BCUT2D eigenvalue weighted by Gasteiger charge is 2.14. The van der Waals surface area contributed by atoms with Gasteiger partial charge in [-0.05, 0) is 25.4 Å². The fourth-order valence-electron chi connectivity index (χ4n) is 1.65. The molecule has 8 nitrogen and oxygen atoms in total. The van der Waals surface area contributed by atoms with Gasteiger partial charge in [0.15, 0.2) is 0 Å². The van der Waals surface area contributed by atoms with Gasteiger partial charge in [0.1, 0.15) is 6.33 Å². The smallest absolute Gasteiger partial charge is 0.241 e. The van der Waals surface area contributed by atoms with Gasteiger partial charge in [-0.15, -0.1) is 0 Å². The molecule has 0 saturated carbocycles. The van der Waals surface area contributed by atoms with Crippen LogP contribution in [0.2, 0.25) is 5.28 Å². The molecule has 2 aromatic heterocycles. The molecule has 1 amide bonds. The van der Waals surface area contributed by atoms with Crippen LogP contribution < -0.4 is 10.2 Å². The zero-order valence-electron chi connectivity index (χ0n) is 12.0. The second kappa shape index (κ2) is 6.49. The van der Waals surface area contributed by atoms with Crippen molar-refractivity contribution in [3.05, 3.63) is 24.0 Å². The number of aromatic nitrogens is 5. The summed E-state index contributed by atoms with van der Waals surface area (Å²) in [5, 5.41) is 2.86. The normalized spacial score (nSPS) is 10.7. The molecule has 0 aliphatic carbocycles. The van der Waals surface area contributed by atoms with Gasteiger partial charge in [-0.1, -0.05) is 0 Å². The molecule has 0 spiro atoms. The number of carbonyl (C=O) groups excluding carboxylic acids is 1. The number of anilines is 1. The van der Waals surface area contributed by atoms with Crippen molar-refractivity contribution in [2.45, 2.75) is 19.9 Å². The molecule has 0 saturated heterocycles. The number of carbonyl (C=O) groups is 1. The minimum absolute atomic E-state index is 0.0554. The number of imidazole rings is 1. The SMILES string of the molecule is CC(C)NC(=O)CN(C)c1nc(Cl)nc(-n2ccnc2)n1. The zero-order chi connectivity index (χ0) is 15.4. The molecule has 0 aromatic carbocycles. The summed E-state index contributed by atoms with van der Waals surface area (Å²) >= 11 is 5.91. The van der Waals surface area contributed by atoms with E-state index in [0.717, 1.165) is 0 Å². The van der Waals surface area contributed by atoms with E-state index in [4.69, 9.17) is 11.6 Å². The highest BCUT2D eigenvalue weighted by molar-refractivity contribution is 6.28. The maximum atomic E-state index is 11.8. The molecule has 21 heavy (non-hydrogen) atoms. The van der Waals surface area contributed by atoms with Crippen LogP contribution in [0.5, 0.6) is 0 Å². The molecule has 0 bridgehead atoms.